The van der Waals surface area contributed by atoms with Gasteiger partial charge in [0.05, 0.1) is 11.8 Å². The van der Waals surface area contributed by atoms with Gasteiger partial charge in [-0.25, -0.2) is 0 Å². The normalized spacial score (nSPS) is 19.2. The molecular formula is C14H23N3O2. The molecule has 1 aromatic rings. The number of hydrogen-bond acceptors (Lipinski definition) is 3. The number of rotatable bonds is 4. The van der Waals surface area contributed by atoms with E-state index in [1.54, 1.807) is 7.11 Å². The predicted octanol–water partition coefficient (Wildman–Crippen LogP) is 1.22. The molecule has 2 rings (SSSR count). The summed E-state index contributed by atoms with van der Waals surface area (Å²) in [6, 6.07) is 0. The minimum Gasteiger partial charge on any atom is -0.380 e. The van der Waals surface area contributed by atoms with Crippen molar-refractivity contribution >= 4 is 5.91 Å². The third-order valence-corrected chi connectivity index (χ3v) is 4.08. The van der Waals surface area contributed by atoms with Crippen molar-refractivity contribution < 1.29 is 9.53 Å². The smallest absolute Gasteiger partial charge is 0.222 e. The Morgan fingerprint density at radius 2 is 2.21 bits per heavy atom. The topological polar surface area (TPSA) is 47.4 Å². The molecule has 1 aliphatic heterocycles. The molecule has 5 heteroatoms. The van der Waals surface area contributed by atoms with E-state index in [1.165, 1.54) is 5.56 Å². The van der Waals surface area contributed by atoms with Crippen molar-refractivity contribution in [3.05, 3.63) is 17.0 Å². The van der Waals surface area contributed by atoms with Crippen LogP contribution in [0, 0.1) is 13.8 Å². The molecular weight excluding hydrogens is 242 g/mol. The zero-order chi connectivity index (χ0) is 14.0. The Bertz CT molecular complexity index is 468. The number of nitrogens with zero attached hydrogens (tertiary/aromatic N) is 3. The Labute approximate surface area is 114 Å². The molecule has 0 unspecified atom stereocenters. The van der Waals surface area contributed by atoms with Crippen LogP contribution >= 0.6 is 0 Å². The van der Waals surface area contributed by atoms with Crippen LogP contribution in [0.2, 0.25) is 0 Å². The predicted molar refractivity (Wildman–Crippen MR) is 73.0 cm³/mol. The number of carbonyl (C=O) groups is 1. The summed E-state index contributed by atoms with van der Waals surface area (Å²) in [5, 5.41) is 4.38. The van der Waals surface area contributed by atoms with Crippen LogP contribution in [0.4, 0.5) is 0 Å². The highest BCUT2D eigenvalue weighted by molar-refractivity contribution is 5.76. The quantitative estimate of drug-likeness (QED) is 0.822. The zero-order valence-electron chi connectivity index (χ0n) is 12.3. The van der Waals surface area contributed by atoms with Crippen LogP contribution in [-0.4, -0.2) is 46.9 Å². The fourth-order valence-corrected chi connectivity index (χ4v) is 2.72. The van der Waals surface area contributed by atoms with Crippen molar-refractivity contribution in [2.24, 2.45) is 7.05 Å². The molecule has 1 atom stereocenters. The van der Waals surface area contributed by atoms with Gasteiger partial charge in [-0.3, -0.25) is 9.48 Å². The number of aromatic nitrogens is 2. The van der Waals surface area contributed by atoms with Crippen LogP contribution in [0.15, 0.2) is 0 Å². The molecule has 0 spiro atoms. The van der Waals surface area contributed by atoms with Gasteiger partial charge in [-0.2, -0.15) is 5.10 Å². The average Bonchev–Trinajstić information content (AvgIpc) is 2.94. The maximum absolute atomic E-state index is 12.2. The molecule has 0 aliphatic carbocycles. The second-order valence-corrected chi connectivity index (χ2v) is 5.26. The van der Waals surface area contributed by atoms with Crippen molar-refractivity contribution in [1.29, 1.82) is 0 Å². The Hall–Kier alpha value is -1.36. The number of ether oxygens (including phenoxy) is 1. The summed E-state index contributed by atoms with van der Waals surface area (Å²) in [5.41, 5.74) is 3.39. The molecule has 19 heavy (non-hydrogen) atoms. The molecule has 0 aromatic carbocycles. The molecule has 0 radical (unpaired) electrons. The molecule has 1 aliphatic rings. The lowest BCUT2D eigenvalue weighted by Gasteiger charge is -2.16. The number of methoxy groups -OCH3 is 1. The van der Waals surface area contributed by atoms with Gasteiger partial charge in [0.2, 0.25) is 5.91 Å². The van der Waals surface area contributed by atoms with E-state index >= 15 is 0 Å². The van der Waals surface area contributed by atoms with Gasteiger partial charge >= 0.3 is 0 Å². The van der Waals surface area contributed by atoms with E-state index in [0.717, 1.165) is 37.3 Å². The van der Waals surface area contributed by atoms with Gasteiger partial charge in [0, 0.05) is 39.4 Å². The molecule has 1 saturated heterocycles. The Balaban J connectivity index is 1.90. The fraction of sp³-hybridized carbons (Fsp3) is 0.714. The van der Waals surface area contributed by atoms with Crippen LogP contribution in [-0.2, 0) is 23.0 Å². The Kier molecular flexibility index (Phi) is 4.24. The highest BCUT2D eigenvalue weighted by atomic mass is 16.5. The van der Waals surface area contributed by atoms with E-state index in [4.69, 9.17) is 4.74 Å². The summed E-state index contributed by atoms with van der Waals surface area (Å²) in [7, 11) is 3.65. The summed E-state index contributed by atoms with van der Waals surface area (Å²) in [4.78, 5) is 14.1. The molecule has 0 saturated carbocycles. The van der Waals surface area contributed by atoms with Crippen LogP contribution < -0.4 is 0 Å². The summed E-state index contributed by atoms with van der Waals surface area (Å²) < 4.78 is 7.17. The lowest BCUT2D eigenvalue weighted by atomic mass is 10.1. The number of amides is 1. The lowest BCUT2D eigenvalue weighted by Crippen LogP contribution is -2.30. The van der Waals surface area contributed by atoms with Crippen molar-refractivity contribution in [3.8, 4) is 0 Å². The highest BCUT2D eigenvalue weighted by Gasteiger charge is 2.25. The van der Waals surface area contributed by atoms with Gasteiger partial charge in [0.15, 0.2) is 0 Å². The van der Waals surface area contributed by atoms with Gasteiger partial charge in [0.1, 0.15) is 0 Å². The minimum atomic E-state index is 0.214. The number of carbonyl (C=O) groups excluding carboxylic acids is 1. The Morgan fingerprint density at radius 1 is 1.47 bits per heavy atom. The monoisotopic (exact) mass is 265 g/mol. The first-order valence-electron chi connectivity index (χ1n) is 6.82. The fourth-order valence-electron chi connectivity index (χ4n) is 2.72. The third kappa shape index (κ3) is 2.97. The first-order valence-corrected chi connectivity index (χ1v) is 6.82. The van der Waals surface area contributed by atoms with Gasteiger partial charge in [-0.15, -0.1) is 0 Å². The van der Waals surface area contributed by atoms with Crippen LogP contribution in [0.25, 0.3) is 0 Å². The first-order chi connectivity index (χ1) is 9.02. The maximum atomic E-state index is 12.2. The molecule has 106 valence electrons. The van der Waals surface area contributed by atoms with Gasteiger partial charge in [-0.05, 0) is 32.3 Å². The van der Waals surface area contributed by atoms with Gasteiger partial charge in [0.25, 0.3) is 0 Å². The molecule has 1 amide bonds. The molecule has 1 fully saturated rings. The van der Waals surface area contributed by atoms with Crippen LogP contribution in [0.3, 0.4) is 0 Å². The standard InChI is InChI=1S/C14H23N3O2/c1-10-13(11(2)16(3)15-10)5-6-14(18)17-8-7-12(9-17)19-4/h12H,5-9H2,1-4H3/t12-/m0/s1. The molecule has 0 N–H and O–H groups in total. The molecule has 0 bridgehead atoms. The van der Waals surface area contributed by atoms with E-state index in [-0.39, 0.29) is 12.0 Å². The molecule has 5 nitrogen and oxygen atoms in total. The van der Waals surface area contributed by atoms with Gasteiger partial charge < -0.3 is 9.64 Å². The SMILES string of the molecule is CO[C@H]1CCN(C(=O)CCc2c(C)nn(C)c2C)C1. The summed E-state index contributed by atoms with van der Waals surface area (Å²) in [6.07, 6.45) is 2.50. The van der Waals surface area contributed by atoms with Crippen molar-refractivity contribution in [2.75, 3.05) is 20.2 Å². The lowest BCUT2D eigenvalue weighted by molar-refractivity contribution is -0.130. The largest absolute Gasteiger partial charge is 0.380 e. The van der Waals surface area contributed by atoms with Crippen molar-refractivity contribution in [3.63, 3.8) is 0 Å². The van der Waals surface area contributed by atoms with Crippen LogP contribution in [0.1, 0.15) is 29.8 Å². The van der Waals surface area contributed by atoms with E-state index in [9.17, 15) is 4.79 Å². The number of likely N-dealkylation sites (tertiary alicyclic amines) is 1. The maximum Gasteiger partial charge on any atom is 0.222 e. The van der Waals surface area contributed by atoms with Crippen molar-refractivity contribution in [1.82, 2.24) is 14.7 Å². The minimum absolute atomic E-state index is 0.214. The Morgan fingerprint density at radius 3 is 2.74 bits per heavy atom. The third-order valence-electron chi connectivity index (χ3n) is 4.08. The van der Waals surface area contributed by atoms with E-state index in [2.05, 4.69) is 12.0 Å². The van der Waals surface area contributed by atoms with E-state index in [1.807, 2.05) is 23.6 Å². The van der Waals surface area contributed by atoms with Gasteiger partial charge in [-0.1, -0.05) is 0 Å². The van der Waals surface area contributed by atoms with E-state index < -0.39 is 0 Å². The van der Waals surface area contributed by atoms with E-state index in [0.29, 0.717) is 6.42 Å². The summed E-state index contributed by atoms with van der Waals surface area (Å²) >= 11 is 0. The second kappa shape index (κ2) is 5.74. The molecule has 1 aromatic heterocycles. The highest BCUT2D eigenvalue weighted by Crippen LogP contribution is 2.17. The summed E-state index contributed by atoms with van der Waals surface area (Å²) in [5.74, 6) is 0.224. The zero-order valence-corrected chi connectivity index (χ0v) is 12.3. The first kappa shape index (κ1) is 14.1. The molecule has 2 heterocycles. The number of aryl methyl sites for hydroxylation is 2. The van der Waals surface area contributed by atoms with Crippen molar-refractivity contribution in [2.45, 2.75) is 39.2 Å². The number of hydrogen-bond donors (Lipinski definition) is 0. The average molecular weight is 265 g/mol. The summed E-state index contributed by atoms with van der Waals surface area (Å²) in [6.45, 7) is 5.61. The van der Waals surface area contributed by atoms with Crippen LogP contribution in [0.5, 0.6) is 0 Å². The second-order valence-electron chi connectivity index (χ2n) is 5.26.